The Balaban J connectivity index is 2.14. The second-order valence-electron chi connectivity index (χ2n) is 5.05. The summed E-state index contributed by atoms with van der Waals surface area (Å²) in [5.41, 5.74) is -0.148. The highest BCUT2D eigenvalue weighted by Crippen LogP contribution is 2.18. The lowest BCUT2D eigenvalue weighted by Gasteiger charge is -2.20. The Morgan fingerprint density at radius 3 is 2.75 bits per heavy atom. The summed E-state index contributed by atoms with van der Waals surface area (Å²) in [6, 6.07) is 0. The third kappa shape index (κ3) is 5.39. The molecule has 5 heteroatoms. The number of rotatable bonds is 3. The highest BCUT2D eigenvalue weighted by Gasteiger charge is 2.16. The van der Waals surface area contributed by atoms with Crippen LogP contribution in [0.15, 0.2) is 4.99 Å². The van der Waals surface area contributed by atoms with E-state index in [1.54, 1.807) is 11.8 Å². The monoisotopic (exact) mass is 243 g/mol. The van der Waals surface area contributed by atoms with Crippen LogP contribution in [-0.2, 0) is 4.79 Å². The molecule has 0 aromatic heterocycles. The minimum absolute atomic E-state index is 0.0802. The van der Waals surface area contributed by atoms with E-state index < -0.39 is 0 Å². The standard InChI is InChI=1S/C11H21N3OS/c1-8-7-13-10(16-8)12-6-5-9(15)14-11(2,3)4/h8H,5-7H2,1-4H3,(H,12,13)(H,14,15). The van der Waals surface area contributed by atoms with E-state index in [4.69, 9.17) is 0 Å². The summed E-state index contributed by atoms with van der Waals surface area (Å²) in [4.78, 5) is 15.8. The molecule has 1 rings (SSSR count). The summed E-state index contributed by atoms with van der Waals surface area (Å²) in [7, 11) is 0. The number of thioether (sulfide) groups is 1. The van der Waals surface area contributed by atoms with E-state index in [9.17, 15) is 4.79 Å². The van der Waals surface area contributed by atoms with E-state index in [1.165, 1.54) is 0 Å². The van der Waals surface area contributed by atoms with Crippen molar-refractivity contribution in [3.05, 3.63) is 0 Å². The number of carbonyl (C=O) groups is 1. The zero-order chi connectivity index (χ0) is 12.2. The van der Waals surface area contributed by atoms with Crippen molar-refractivity contribution in [2.75, 3.05) is 13.1 Å². The number of hydrogen-bond acceptors (Lipinski definition) is 4. The van der Waals surface area contributed by atoms with Crippen molar-refractivity contribution in [1.29, 1.82) is 0 Å². The van der Waals surface area contributed by atoms with Crippen LogP contribution in [0.1, 0.15) is 34.1 Å². The largest absolute Gasteiger partial charge is 0.364 e. The number of carbonyl (C=O) groups excluding carboxylic acids is 1. The van der Waals surface area contributed by atoms with Gasteiger partial charge >= 0.3 is 0 Å². The predicted molar refractivity (Wildman–Crippen MR) is 69.9 cm³/mol. The van der Waals surface area contributed by atoms with E-state index in [-0.39, 0.29) is 11.4 Å². The first-order valence-electron chi connectivity index (χ1n) is 5.63. The van der Waals surface area contributed by atoms with Gasteiger partial charge in [0, 0.05) is 23.8 Å². The summed E-state index contributed by atoms with van der Waals surface area (Å²) >= 11 is 1.74. The molecule has 1 aliphatic rings. The van der Waals surface area contributed by atoms with Gasteiger partial charge in [0.2, 0.25) is 5.91 Å². The Hall–Kier alpha value is -0.710. The average Bonchev–Trinajstić information content (AvgIpc) is 2.48. The van der Waals surface area contributed by atoms with Gasteiger partial charge in [-0.25, -0.2) is 0 Å². The average molecular weight is 243 g/mol. The summed E-state index contributed by atoms with van der Waals surface area (Å²) in [6.07, 6.45) is 0.491. The van der Waals surface area contributed by atoms with E-state index in [0.29, 0.717) is 18.2 Å². The first-order valence-corrected chi connectivity index (χ1v) is 6.51. The van der Waals surface area contributed by atoms with Crippen LogP contribution >= 0.6 is 11.8 Å². The minimum Gasteiger partial charge on any atom is -0.364 e. The van der Waals surface area contributed by atoms with Crippen molar-refractivity contribution in [3.63, 3.8) is 0 Å². The summed E-state index contributed by atoms with van der Waals surface area (Å²) in [5, 5.41) is 7.64. The van der Waals surface area contributed by atoms with Crippen molar-refractivity contribution in [2.45, 2.75) is 44.9 Å². The molecule has 1 heterocycles. The first kappa shape index (κ1) is 13.4. The molecule has 0 saturated carbocycles. The van der Waals surface area contributed by atoms with Crippen LogP contribution < -0.4 is 10.6 Å². The maximum atomic E-state index is 11.5. The Morgan fingerprint density at radius 2 is 2.25 bits per heavy atom. The predicted octanol–water partition coefficient (Wildman–Crippen LogP) is 1.37. The van der Waals surface area contributed by atoms with Crippen LogP contribution in [0.5, 0.6) is 0 Å². The van der Waals surface area contributed by atoms with Crippen molar-refractivity contribution < 1.29 is 4.79 Å². The highest BCUT2D eigenvalue weighted by molar-refractivity contribution is 8.14. The van der Waals surface area contributed by atoms with Crippen LogP contribution in [0.25, 0.3) is 0 Å². The zero-order valence-corrected chi connectivity index (χ0v) is 11.3. The van der Waals surface area contributed by atoms with Gasteiger partial charge in [-0.15, -0.1) is 0 Å². The maximum absolute atomic E-state index is 11.5. The number of nitrogens with zero attached hydrogens (tertiary/aromatic N) is 1. The summed E-state index contributed by atoms with van der Waals surface area (Å²) in [6.45, 7) is 9.63. The molecule has 16 heavy (non-hydrogen) atoms. The molecule has 0 aromatic carbocycles. The molecule has 0 radical (unpaired) electrons. The van der Waals surface area contributed by atoms with Crippen LogP contribution in [0.3, 0.4) is 0 Å². The second kappa shape index (κ2) is 5.57. The molecule has 2 N–H and O–H groups in total. The van der Waals surface area contributed by atoms with Gasteiger partial charge in [-0.3, -0.25) is 9.79 Å². The lowest BCUT2D eigenvalue weighted by Crippen LogP contribution is -2.41. The second-order valence-corrected chi connectivity index (χ2v) is 6.48. The number of aliphatic imine (C=N–C) groups is 1. The Labute approximate surface area is 102 Å². The molecule has 0 aliphatic carbocycles. The SMILES string of the molecule is CC1CN=C(NCCC(=O)NC(C)(C)C)S1. The number of amidine groups is 1. The molecule has 0 fully saturated rings. The molecule has 1 aliphatic heterocycles. The number of nitrogens with one attached hydrogen (secondary N) is 2. The third-order valence-electron chi connectivity index (χ3n) is 1.95. The molecule has 92 valence electrons. The van der Waals surface area contributed by atoms with E-state index in [1.807, 2.05) is 20.8 Å². The molecular weight excluding hydrogens is 222 g/mol. The topological polar surface area (TPSA) is 53.5 Å². The fraction of sp³-hybridized carbons (Fsp3) is 0.818. The fourth-order valence-corrected chi connectivity index (χ4v) is 2.20. The van der Waals surface area contributed by atoms with Gasteiger partial charge in [0.25, 0.3) is 0 Å². The molecule has 4 nitrogen and oxygen atoms in total. The van der Waals surface area contributed by atoms with Gasteiger partial charge in [-0.05, 0) is 20.8 Å². The molecule has 0 spiro atoms. The number of hydrogen-bond donors (Lipinski definition) is 2. The Bertz CT molecular complexity index is 283. The van der Waals surface area contributed by atoms with E-state index in [0.717, 1.165) is 11.7 Å². The van der Waals surface area contributed by atoms with E-state index >= 15 is 0 Å². The molecule has 0 aromatic rings. The van der Waals surface area contributed by atoms with E-state index in [2.05, 4.69) is 22.5 Å². The molecule has 0 saturated heterocycles. The number of amides is 1. The molecule has 1 amide bonds. The lowest BCUT2D eigenvalue weighted by atomic mass is 10.1. The quantitative estimate of drug-likeness (QED) is 0.787. The van der Waals surface area contributed by atoms with Crippen LogP contribution in [0.4, 0.5) is 0 Å². The first-order chi connectivity index (χ1) is 7.37. The smallest absolute Gasteiger partial charge is 0.222 e. The van der Waals surface area contributed by atoms with Gasteiger partial charge in [-0.1, -0.05) is 18.7 Å². The van der Waals surface area contributed by atoms with Crippen molar-refractivity contribution in [3.8, 4) is 0 Å². The minimum atomic E-state index is -0.148. The fourth-order valence-electron chi connectivity index (χ4n) is 1.34. The van der Waals surface area contributed by atoms with Gasteiger partial charge in [0.05, 0.1) is 6.54 Å². The molecule has 0 bridgehead atoms. The zero-order valence-electron chi connectivity index (χ0n) is 10.5. The van der Waals surface area contributed by atoms with Gasteiger partial charge in [0.1, 0.15) is 0 Å². The van der Waals surface area contributed by atoms with Gasteiger partial charge in [0.15, 0.2) is 5.17 Å². The molecule has 1 unspecified atom stereocenters. The van der Waals surface area contributed by atoms with Crippen molar-refractivity contribution >= 4 is 22.8 Å². The third-order valence-corrected chi connectivity index (χ3v) is 3.00. The lowest BCUT2D eigenvalue weighted by molar-refractivity contribution is -0.122. The van der Waals surface area contributed by atoms with Crippen LogP contribution in [0, 0.1) is 0 Å². The Morgan fingerprint density at radius 1 is 1.56 bits per heavy atom. The van der Waals surface area contributed by atoms with Gasteiger partial charge in [-0.2, -0.15) is 0 Å². The maximum Gasteiger partial charge on any atom is 0.222 e. The van der Waals surface area contributed by atoms with Crippen LogP contribution in [-0.4, -0.2) is 35.0 Å². The Kier molecular flexibility index (Phi) is 4.65. The normalized spacial score (nSPS) is 20.5. The summed E-state index contributed by atoms with van der Waals surface area (Å²) in [5.74, 6) is 0.0802. The molecular formula is C11H21N3OS. The molecule has 1 atom stereocenters. The van der Waals surface area contributed by atoms with Crippen molar-refractivity contribution in [2.24, 2.45) is 4.99 Å². The highest BCUT2D eigenvalue weighted by atomic mass is 32.2. The van der Waals surface area contributed by atoms with Crippen molar-refractivity contribution in [1.82, 2.24) is 10.6 Å². The van der Waals surface area contributed by atoms with Crippen LogP contribution in [0.2, 0.25) is 0 Å². The summed E-state index contributed by atoms with van der Waals surface area (Å²) < 4.78 is 0. The van der Waals surface area contributed by atoms with Gasteiger partial charge < -0.3 is 10.6 Å².